The summed E-state index contributed by atoms with van der Waals surface area (Å²) < 4.78 is 9.15. The quantitative estimate of drug-likeness (QED) is 0.338. The highest BCUT2D eigenvalue weighted by molar-refractivity contribution is 6.23. The normalized spacial score (nSPS) is 22.4. The third kappa shape index (κ3) is 1.83. The second-order valence-corrected chi connectivity index (χ2v) is 2.71. The average Bonchev–Trinajstić information content (AvgIpc) is 1.84. The van der Waals surface area contributed by atoms with Gasteiger partial charge >= 0.3 is 17.2 Å². The fourth-order valence-corrected chi connectivity index (χ4v) is 0.867. The molecule has 0 aliphatic carbocycles. The van der Waals surface area contributed by atoms with Crippen LogP contribution < -0.4 is 0 Å². The summed E-state index contributed by atoms with van der Waals surface area (Å²) in [6, 6.07) is 0. The maximum Gasteiger partial charge on any atom is 0.336 e. The van der Waals surface area contributed by atoms with Gasteiger partial charge in [0.1, 0.15) is 6.42 Å². The minimum Gasteiger partial charge on any atom is -0.408 e. The lowest BCUT2D eigenvalue weighted by molar-refractivity contribution is -0.216. The van der Waals surface area contributed by atoms with Gasteiger partial charge in [0.05, 0.1) is 0 Å². The van der Waals surface area contributed by atoms with Crippen LogP contribution in [-0.2, 0) is 19.1 Å². The molecule has 0 aromatic carbocycles. The molecule has 1 saturated heterocycles. The summed E-state index contributed by atoms with van der Waals surface area (Å²) in [7, 11) is 0. The van der Waals surface area contributed by atoms with E-state index in [1.165, 1.54) is 0 Å². The Morgan fingerprint density at radius 3 is 2.27 bits per heavy atom. The Balaban J connectivity index is 2.70. The predicted molar refractivity (Wildman–Crippen MR) is 35.7 cm³/mol. The maximum absolute atomic E-state index is 10.6. The van der Waals surface area contributed by atoms with Crippen molar-refractivity contribution in [2.24, 2.45) is 0 Å². The van der Waals surface area contributed by atoms with Crippen molar-refractivity contribution >= 4 is 23.5 Å². The SMILES string of the molecule is CCC1(Cl)OC(=O)CC(=O)O1. The Morgan fingerprint density at radius 1 is 1.45 bits per heavy atom. The molecule has 1 rings (SSSR count). The van der Waals surface area contributed by atoms with E-state index in [1.54, 1.807) is 6.92 Å². The number of alkyl halides is 1. The number of hydrogen-bond donors (Lipinski definition) is 0. The molecule has 0 radical (unpaired) electrons. The molecule has 1 heterocycles. The van der Waals surface area contributed by atoms with Gasteiger partial charge in [0, 0.05) is 6.42 Å². The van der Waals surface area contributed by atoms with Crippen LogP contribution in [-0.4, -0.2) is 17.2 Å². The van der Waals surface area contributed by atoms with Crippen molar-refractivity contribution in [1.29, 1.82) is 0 Å². The summed E-state index contributed by atoms with van der Waals surface area (Å²) in [5, 5.41) is -1.56. The highest BCUT2D eigenvalue weighted by Gasteiger charge is 2.39. The molecule has 1 aliphatic heterocycles. The van der Waals surface area contributed by atoms with Gasteiger partial charge in [-0.25, -0.2) is 0 Å². The van der Waals surface area contributed by atoms with Gasteiger partial charge in [-0.15, -0.1) is 0 Å². The van der Waals surface area contributed by atoms with E-state index in [0.717, 1.165) is 0 Å². The zero-order valence-corrected chi connectivity index (χ0v) is 6.68. The molecule has 0 N–H and O–H groups in total. The molecular weight excluding hydrogens is 172 g/mol. The first-order chi connectivity index (χ1) is 5.06. The Bertz CT molecular complexity index is 185. The van der Waals surface area contributed by atoms with Crippen LogP contribution in [0.4, 0.5) is 0 Å². The van der Waals surface area contributed by atoms with Crippen molar-refractivity contribution in [1.82, 2.24) is 0 Å². The zero-order chi connectivity index (χ0) is 8.48. The lowest BCUT2D eigenvalue weighted by Crippen LogP contribution is -2.40. The lowest BCUT2D eigenvalue weighted by Gasteiger charge is -2.28. The standard InChI is InChI=1S/C6H7ClO4/c1-2-6(7)10-4(8)3-5(9)11-6/h2-3H2,1H3. The van der Waals surface area contributed by atoms with E-state index < -0.39 is 17.2 Å². The minimum atomic E-state index is -1.56. The van der Waals surface area contributed by atoms with Crippen molar-refractivity contribution in [3.05, 3.63) is 0 Å². The van der Waals surface area contributed by atoms with Crippen molar-refractivity contribution in [3.8, 4) is 0 Å². The second kappa shape index (κ2) is 2.70. The molecule has 0 bridgehead atoms. The van der Waals surface area contributed by atoms with Crippen LogP contribution in [0.2, 0.25) is 0 Å². The van der Waals surface area contributed by atoms with Gasteiger partial charge in [-0.2, -0.15) is 0 Å². The minimum absolute atomic E-state index is 0.242. The van der Waals surface area contributed by atoms with E-state index in [0.29, 0.717) is 0 Å². The molecule has 0 atom stereocenters. The average molecular weight is 179 g/mol. The van der Waals surface area contributed by atoms with Crippen LogP contribution in [0.5, 0.6) is 0 Å². The van der Waals surface area contributed by atoms with Crippen molar-refractivity contribution in [3.63, 3.8) is 0 Å². The van der Waals surface area contributed by atoms with E-state index in [4.69, 9.17) is 11.6 Å². The van der Waals surface area contributed by atoms with Crippen LogP contribution in [0.15, 0.2) is 0 Å². The van der Waals surface area contributed by atoms with Crippen molar-refractivity contribution < 1.29 is 19.1 Å². The van der Waals surface area contributed by atoms with Crippen molar-refractivity contribution in [2.45, 2.75) is 25.0 Å². The van der Waals surface area contributed by atoms with E-state index in [-0.39, 0.29) is 12.8 Å². The molecule has 1 fully saturated rings. The molecule has 62 valence electrons. The summed E-state index contributed by atoms with van der Waals surface area (Å²) in [4.78, 5) is 21.3. The third-order valence-corrected chi connectivity index (χ3v) is 1.67. The zero-order valence-electron chi connectivity index (χ0n) is 5.93. The number of ether oxygens (including phenoxy) is 2. The number of hydrogen-bond acceptors (Lipinski definition) is 4. The second-order valence-electron chi connectivity index (χ2n) is 2.14. The number of carbonyl (C=O) groups is 2. The number of halogens is 1. The maximum atomic E-state index is 10.6. The Labute approximate surface area is 68.4 Å². The smallest absolute Gasteiger partial charge is 0.336 e. The molecule has 0 unspecified atom stereocenters. The first-order valence-corrected chi connectivity index (χ1v) is 3.56. The van der Waals surface area contributed by atoms with Crippen LogP contribution in [0, 0.1) is 0 Å². The van der Waals surface area contributed by atoms with Gasteiger partial charge in [0.15, 0.2) is 0 Å². The number of rotatable bonds is 1. The van der Waals surface area contributed by atoms with Gasteiger partial charge in [0.25, 0.3) is 0 Å². The van der Waals surface area contributed by atoms with E-state index in [1.807, 2.05) is 0 Å². The molecule has 1 aliphatic rings. The first kappa shape index (κ1) is 8.33. The molecule has 0 aromatic heterocycles. The van der Waals surface area contributed by atoms with E-state index >= 15 is 0 Å². The summed E-state index contributed by atoms with van der Waals surface area (Å²) >= 11 is 5.56. The summed E-state index contributed by atoms with van der Waals surface area (Å²) in [6.07, 6.45) is -0.111. The highest BCUT2D eigenvalue weighted by Crippen LogP contribution is 2.27. The number of esters is 2. The van der Waals surface area contributed by atoms with Crippen LogP contribution in [0.25, 0.3) is 0 Å². The molecule has 0 aromatic rings. The molecule has 11 heavy (non-hydrogen) atoms. The molecule has 4 nitrogen and oxygen atoms in total. The fourth-order valence-electron chi connectivity index (χ4n) is 0.695. The van der Waals surface area contributed by atoms with Gasteiger partial charge in [-0.05, 0) is 11.6 Å². The topological polar surface area (TPSA) is 52.6 Å². The van der Waals surface area contributed by atoms with Crippen LogP contribution in [0.1, 0.15) is 19.8 Å². The van der Waals surface area contributed by atoms with Crippen molar-refractivity contribution in [2.75, 3.05) is 0 Å². The summed E-state index contributed by atoms with van der Waals surface area (Å²) in [6.45, 7) is 1.65. The van der Waals surface area contributed by atoms with E-state index in [9.17, 15) is 9.59 Å². The Kier molecular flexibility index (Phi) is 2.04. The largest absolute Gasteiger partial charge is 0.408 e. The molecular formula is C6H7ClO4. The van der Waals surface area contributed by atoms with E-state index in [2.05, 4.69) is 9.47 Å². The highest BCUT2D eigenvalue weighted by atomic mass is 35.5. The lowest BCUT2D eigenvalue weighted by atomic mass is 10.4. The monoisotopic (exact) mass is 178 g/mol. The van der Waals surface area contributed by atoms with Gasteiger partial charge < -0.3 is 9.47 Å². The Morgan fingerprint density at radius 2 is 1.91 bits per heavy atom. The number of cyclic esters (lactones) is 2. The van der Waals surface area contributed by atoms with Gasteiger partial charge in [-0.1, -0.05) is 6.92 Å². The number of carbonyl (C=O) groups excluding carboxylic acids is 2. The third-order valence-electron chi connectivity index (χ3n) is 1.24. The van der Waals surface area contributed by atoms with Crippen LogP contribution in [0.3, 0.4) is 0 Å². The molecule has 5 heteroatoms. The molecule has 0 saturated carbocycles. The summed E-state index contributed by atoms with van der Waals surface area (Å²) in [5.74, 6) is -1.28. The molecule has 0 spiro atoms. The molecule has 0 amide bonds. The summed E-state index contributed by atoms with van der Waals surface area (Å²) in [5.41, 5.74) is 0. The first-order valence-electron chi connectivity index (χ1n) is 3.18. The van der Waals surface area contributed by atoms with Crippen LogP contribution >= 0.6 is 11.6 Å². The predicted octanol–water partition coefficient (Wildman–Crippen LogP) is 0.779. The van der Waals surface area contributed by atoms with Gasteiger partial charge in [0.2, 0.25) is 0 Å². The van der Waals surface area contributed by atoms with Gasteiger partial charge in [-0.3, -0.25) is 9.59 Å². The fraction of sp³-hybridized carbons (Fsp3) is 0.667. The Hall–Kier alpha value is -0.770.